The summed E-state index contributed by atoms with van der Waals surface area (Å²) in [6.07, 6.45) is 1.77. The zero-order valence-corrected chi connectivity index (χ0v) is 12.9. The van der Waals surface area contributed by atoms with Gasteiger partial charge in [-0.25, -0.2) is 0 Å². The minimum absolute atomic E-state index is 0.139. The lowest BCUT2D eigenvalue weighted by atomic mass is 10.2. The third-order valence-corrected chi connectivity index (χ3v) is 4.74. The minimum atomic E-state index is -4.47. The van der Waals surface area contributed by atoms with Crippen molar-refractivity contribution in [1.29, 1.82) is 0 Å². The molecule has 8 heteroatoms. The van der Waals surface area contributed by atoms with E-state index in [1.807, 2.05) is 0 Å². The van der Waals surface area contributed by atoms with Gasteiger partial charge < -0.3 is 4.90 Å². The second-order valence-corrected chi connectivity index (χ2v) is 6.25. The number of piperazine rings is 1. The van der Waals surface area contributed by atoms with Gasteiger partial charge in [-0.3, -0.25) is 14.4 Å². The van der Waals surface area contributed by atoms with Gasteiger partial charge in [-0.1, -0.05) is 12.8 Å². The van der Waals surface area contributed by atoms with E-state index in [4.69, 9.17) is 0 Å². The highest BCUT2D eigenvalue weighted by Gasteiger charge is 2.34. The molecule has 0 bridgehead atoms. The molecule has 1 aliphatic heterocycles. The molecule has 5 nitrogen and oxygen atoms in total. The Morgan fingerprint density at radius 1 is 1.17 bits per heavy atom. The molecule has 0 N–H and O–H groups in total. The van der Waals surface area contributed by atoms with Crippen LogP contribution in [0.2, 0.25) is 0 Å². The average Bonchev–Trinajstić information content (AvgIpc) is 3.18. The van der Waals surface area contributed by atoms with E-state index in [-0.39, 0.29) is 12.5 Å². The van der Waals surface area contributed by atoms with E-state index in [0.29, 0.717) is 19.1 Å². The Morgan fingerprint density at radius 3 is 2.39 bits per heavy atom. The van der Waals surface area contributed by atoms with Gasteiger partial charge in [0.1, 0.15) is 6.54 Å². The molecular weight excluding hydrogens is 309 g/mol. The number of alkyl halides is 3. The summed E-state index contributed by atoms with van der Waals surface area (Å²) in [5.74, 6) is -0.173. The highest BCUT2D eigenvalue weighted by Crippen LogP contribution is 2.27. The van der Waals surface area contributed by atoms with E-state index in [0.717, 1.165) is 23.8 Å². The highest BCUT2D eigenvalue weighted by atomic mass is 19.4. The number of hydrogen-bond acceptors (Lipinski definition) is 3. The predicted molar refractivity (Wildman–Crippen MR) is 77.6 cm³/mol. The number of nitrogens with zero attached hydrogens (tertiary/aromatic N) is 4. The molecule has 0 spiro atoms. The first kappa shape index (κ1) is 16.3. The van der Waals surface area contributed by atoms with Gasteiger partial charge in [0.25, 0.3) is 0 Å². The van der Waals surface area contributed by atoms with Crippen LogP contribution in [0.4, 0.5) is 13.2 Å². The number of hydrogen-bond donors (Lipinski definition) is 0. The van der Waals surface area contributed by atoms with Crippen molar-refractivity contribution in [3.8, 4) is 0 Å². The maximum atomic E-state index is 12.5. The maximum Gasteiger partial charge on any atom is 0.435 e. The summed E-state index contributed by atoms with van der Waals surface area (Å²) in [6, 6.07) is 1.54. The fourth-order valence-corrected chi connectivity index (χ4v) is 3.45. The molecule has 1 saturated carbocycles. The Bertz CT molecular complexity index is 543. The summed E-state index contributed by atoms with van der Waals surface area (Å²) in [5.41, 5.74) is -0.962. The Balaban J connectivity index is 1.50. The maximum absolute atomic E-state index is 12.5. The fourth-order valence-electron chi connectivity index (χ4n) is 3.45. The molecule has 2 aliphatic rings. The van der Waals surface area contributed by atoms with Crippen LogP contribution >= 0.6 is 0 Å². The van der Waals surface area contributed by atoms with Crippen molar-refractivity contribution in [2.45, 2.75) is 44.4 Å². The van der Waals surface area contributed by atoms with Gasteiger partial charge in [0.05, 0.1) is 0 Å². The molecule has 1 aromatic rings. The van der Waals surface area contributed by atoms with Crippen molar-refractivity contribution >= 4 is 5.91 Å². The monoisotopic (exact) mass is 330 g/mol. The SMILES string of the molecule is O=C(Cn1ccc(C(F)(F)F)n1)N1CCN(C2CCCC2)CC1. The lowest BCUT2D eigenvalue weighted by Gasteiger charge is -2.38. The van der Waals surface area contributed by atoms with Crippen LogP contribution in [0.25, 0.3) is 0 Å². The van der Waals surface area contributed by atoms with Crippen LogP contribution in [0, 0.1) is 0 Å². The van der Waals surface area contributed by atoms with Gasteiger partial charge in [-0.2, -0.15) is 18.3 Å². The van der Waals surface area contributed by atoms with Crippen LogP contribution in [-0.2, 0) is 17.5 Å². The quantitative estimate of drug-likeness (QED) is 0.851. The van der Waals surface area contributed by atoms with Crippen LogP contribution < -0.4 is 0 Å². The van der Waals surface area contributed by atoms with E-state index in [9.17, 15) is 18.0 Å². The number of carbonyl (C=O) groups is 1. The van der Waals surface area contributed by atoms with Crippen LogP contribution in [0.15, 0.2) is 12.3 Å². The molecular formula is C15H21F3N4O. The van der Waals surface area contributed by atoms with Gasteiger partial charge in [-0.05, 0) is 18.9 Å². The largest absolute Gasteiger partial charge is 0.435 e. The molecule has 2 heterocycles. The molecule has 0 aromatic carbocycles. The normalized spacial score (nSPS) is 21.1. The molecule has 2 fully saturated rings. The molecule has 0 atom stereocenters. The van der Waals surface area contributed by atoms with Gasteiger partial charge in [-0.15, -0.1) is 0 Å². The zero-order chi connectivity index (χ0) is 16.4. The molecule has 128 valence electrons. The molecule has 3 rings (SSSR count). The lowest BCUT2D eigenvalue weighted by molar-refractivity contribution is -0.142. The van der Waals surface area contributed by atoms with Crippen molar-refractivity contribution < 1.29 is 18.0 Å². The molecule has 1 aromatic heterocycles. The first-order chi connectivity index (χ1) is 10.9. The third-order valence-electron chi connectivity index (χ3n) is 4.74. The molecule has 23 heavy (non-hydrogen) atoms. The van der Waals surface area contributed by atoms with Crippen LogP contribution in [0.3, 0.4) is 0 Å². The average molecular weight is 330 g/mol. The Hall–Kier alpha value is -1.57. The smallest absolute Gasteiger partial charge is 0.339 e. The summed E-state index contributed by atoms with van der Waals surface area (Å²) >= 11 is 0. The molecule has 0 radical (unpaired) electrons. The van der Waals surface area contributed by atoms with Crippen LogP contribution in [0.1, 0.15) is 31.4 Å². The van der Waals surface area contributed by atoms with E-state index < -0.39 is 11.9 Å². The first-order valence-electron chi connectivity index (χ1n) is 8.06. The number of rotatable bonds is 3. The van der Waals surface area contributed by atoms with Crippen LogP contribution in [-0.4, -0.2) is 57.7 Å². The number of halogens is 3. The second kappa shape index (κ2) is 6.51. The first-order valence-corrected chi connectivity index (χ1v) is 8.06. The summed E-state index contributed by atoms with van der Waals surface area (Å²) in [6.45, 7) is 2.84. The van der Waals surface area contributed by atoms with Crippen molar-refractivity contribution in [3.05, 3.63) is 18.0 Å². The summed E-state index contributed by atoms with van der Waals surface area (Å²) in [5, 5.41) is 3.43. The second-order valence-electron chi connectivity index (χ2n) is 6.25. The van der Waals surface area contributed by atoms with Crippen molar-refractivity contribution in [1.82, 2.24) is 19.6 Å². The Labute approximate surface area is 133 Å². The Morgan fingerprint density at radius 2 is 1.83 bits per heavy atom. The summed E-state index contributed by atoms with van der Waals surface area (Å²) in [7, 11) is 0. The van der Waals surface area contributed by atoms with Gasteiger partial charge >= 0.3 is 6.18 Å². The van der Waals surface area contributed by atoms with Crippen molar-refractivity contribution in [3.63, 3.8) is 0 Å². The topological polar surface area (TPSA) is 41.4 Å². The van der Waals surface area contributed by atoms with E-state index in [2.05, 4.69) is 10.00 Å². The number of aromatic nitrogens is 2. The highest BCUT2D eigenvalue weighted by molar-refractivity contribution is 5.76. The third kappa shape index (κ3) is 3.85. The molecule has 1 saturated heterocycles. The number of carbonyl (C=O) groups excluding carboxylic acids is 1. The zero-order valence-electron chi connectivity index (χ0n) is 12.9. The van der Waals surface area contributed by atoms with Gasteiger partial charge in [0.2, 0.25) is 5.91 Å². The summed E-state index contributed by atoms with van der Waals surface area (Å²) < 4.78 is 38.6. The van der Waals surface area contributed by atoms with Crippen molar-refractivity contribution in [2.24, 2.45) is 0 Å². The standard InChI is InChI=1S/C15H21F3N4O/c16-15(17,18)13-5-6-22(19-13)11-14(23)21-9-7-20(8-10-21)12-3-1-2-4-12/h5-6,12H,1-4,7-11H2. The number of amides is 1. The van der Waals surface area contributed by atoms with Gasteiger partial charge in [0, 0.05) is 38.4 Å². The van der Waals surface area contributed by atoms with E-state index >= 15 is 0 Å². The van der Waals surface area contributed by atoms with Gasteiger partial charge in [0.15, 0.2) is 5.69 Å². The van der Waals surface area contributed by atoms with Crippen molar-refractivity contribution in [2.75, 3.05) is 26.2 Å². The van der Waals surface area contributed by atoms with Crippen LogP contribution in [0.5, 0.6) is 0 Å². The predicted octanol–water partition coefficient (Wildman–Crippen LogP) is 1.99. The molecule has 1 amide bonds. The summed E-state index contributed by atoms with van der Waals surface area (Å²) in [4.78, 5) is 16.4. The van der Waals surface area contributed by atoms with E-state index in [1.54, 1.807) is 4.90 Å². The minimum Gasteiger partial charge on any atom is -0.339 e. The molecule has 0 unspecified atom stereocenters. The molecule has 1 aliphatic carbocycles. The Kier molecular flexibility index (Phi) is 4.61. The lowest BCUT2D eigenvalue weighted by Crippen LogP contribution is -2.52. The fraction of sp³-hybridized carbons (Fsp3) is 0.733. The van der Waals surface area contributed by atoms with E-state index in [1.165, 1.54) is 31.9 Å².